The summed E-state index contributed by atoms with van der Waals surface area (Å²) in [6.45, 7) is 3.79. The van der Waals surface area contributed by atoms with Gasteiger partial charge in [0.15, 0.2) is 0 Å². The Morgan fingerprint density at radius 2 is 2.17 bits per heavy atom. The van der Waals surface area contributed by atoms with Crippen LogP contribution in [0.3, 0.4) is 0 Å². The van der Waals surface area contributed by atoms with Gasteiger partial charge in [-0.3, -0.25) is 4.79 Å². The molecule has 3 nitrogen and oxygen atoms in total. The van der Waals surface area contributed by atoms with Gasteiger partial charge in [0.2, 0.25) is 5.91 Å². The Hall–Kier alpha value is -1.04. The monoisotopic (exact) mass is 168 g/mol. The lowest BCUT2D eigenvalue weighted by Gasteiger charge is -2.10. The third-order valence-corrected chi connectivity index (χ3v) is 2.06. The van der Waals surface area contributed by atoms with Crippen molar-refractivity contribution in [2.75, 3.05) is 0 Å². The van der Waals surface area contributed by atoms with Gasteiger partial charge < -0.3 is 5.73 Å². The summed E-state index contributed by atoms with van der Waals surface area (Å²) < 4.78 is 0. The zero-order valence-electron chi connectivity index (χ0n) is 7.71. The van der Waals surface area contributed by atoms with Gasteiger partial charge in [-0.25, -0.2) is 0 Å². The molecule has 12 heavy (non-hydrogen) atoms. The third-order valence-electron chi connectivity index (χ3n) is 2.06. The molecule has 0 aliphatic heterocycles. The topological polar surface area (TPSA) is 66.9 Å². The summed E-state index contributed by atoms with van der Waals surface area (Å²) in [5, 5.41) is 8.49. The fraction of sp³-hybridized carbons (Fsp3) is 0.778. The number of primary amides is 1. The van der Waals surface area contributed by atoms with Gasteiger partial charge in [0.25, 0.3) is 0 Å². The van der Waals surface area contributed by atoms with Gasteiger partial charge in [0.1, 0.15) is 0 Å². The Labute approximate surface area is 73.6 Å². The molecule has 0 rings (SSSR count). The SMILES string of the molecule is CCC(CCC(C)C#N)C(N)=O. The normalized spacial score (nSPS) is 14.8. The van der Waals surface area contributed by atoms with Crippen LogP contribution in [0.4, 0.5) is 0 Å². The van der Waals surface area contributed by atoms with E-state index in [1.54, 1.807) is 0 Å². The summed E-state index contributed by atoms with van der Waals surface area (Å²) in [4.78, 5) is 10.8. The molecule has 0 aromatic carbocycles. The summed E-state index contributed by atoms with van der Waals surface area (Å²) in [6, 6.07) is 2.13. The predicted molar refractivity (Wildman–Crippen MR) is 47.0 cm³/mol. The lowest BCUT2D eigenvalue weighted by molar-refractivity contribution is -0.122. The van der Waals surface area contributed by atoms with Crippen molar-refractivity contribution < 1.29 is 4.79 Å². The van der Waals surface area contributed by atoms with Crippen molar-refractivity contribution in [1.82, 2.24) is 0 Å². The third kappa shape index (κ3) is 3.97. The fourth-order valence-electron chi connectivity index (χ4n) is 1.06. The molecule has 2 unspecified atom stereocenters. The Bertz CT molecular complexity index is 183. The minimum atomic E-state index is -0.248. The molecule has 0 radical (unpaired) electrons. The molecule has 2 atom stereocenters. The van der Waals surface area contributed by atoms with Crippen molar-refractivity contribution in [3.63, 3.8) is 0 Å². The molecule has 0 aliphatic carbocycles. The molecule has 0 spiro atoms. The fourth-order valence-corrected chi connectivity index (χ4v) is 1.06. The van der Waals surface area contributed by atoms with Gasteiger partial charge in [-0.2, -0.15) is 5.26 Å². The molecule has 68 valence electrons. The van der Waals surface area contributed by atoms with E-state index in [0.29, 0.717) is 0 Å². The molecule has 0 aromatic rings. The maximum atomic E-state index is 10.8. The van der Waals surface area contributed by atoms with Crippen LogP contribution in [0, 0.1) is 23.2 Å². The molecule has 0 aliphatic rings. The molecule has 1 amide bonds. The molecule has 0 bridgehead atoms. The second-order valence-corrected chi connectivity index (χ2v) is 3.12. The Morgan fingerprint density at radius 3 is 2.50 bits per heavy atom. The van der Waals surface area contributed by atoms with E-state index in [0.717, 1.165) is 19.3 Å². The van der Waals surface area contributed by atoms with Gasteiger partial charge in [0.05, 0.1) is 6.07 Å². The second-order valence-electron chi connectivity index (χ2n) is 3.12. The van der Waals surface area contributed by atoms with Crippen molar-refractivity contribution in [1.29, 1.82) is 5.26 Å². The van der Waals surface area contributed by atoms with Crippen LogP contribution in [-0.2, 0) is 4.79 Å². The van der Waals surface area contributed by atoms with Gasteiger partial charge >= 0.3 is 0 Å². The highest BCUT2D eigenvalue weighted by atomic mass is 16.1. The smallest absolute Gasteiger partial charge is 0.220 e. The number of hydrogen-bond acceptors (Lipinski definition) is 2. The molecule has 0 fully saturated rings. The Balaban J connectivity index is 3.75. The van der Waals surface area contributed by atoms with Gasteiger partial charge in [-0.05, 0) is 26.2 Å². The highest BCUT2D eigenvalue weighted by Crippen LogP contribution is 2.14. The van der Waals surface area contributed by atoms with Crippen LogP contribution in [0.15, 0.2) is 0 Å². The number of amides is 1. The van der Waals surface area contributed by atoms with Crippen LogP contribution < -0.4 is 5.73 Å². The first-order valence-corrected chi connectivity index (χ1v) is 4.30. The number of rotatable bonds is 5. The number of nitrogens with two attached hydrogens (primary N) is 1. The molecular formula is C9H16N2O. The van der Waals surface area contributed by atoms with Crippen LogP contribution in [0.1, 0.15) is 33.1 Å². The second kappa shape index (κ2) is 5.59. The number of nitrogens with zero attached hydrogens (tertiary/aromatic N) is 1. The van der Waals surface area contributed by atoms with Crippen molar-refractivity contribution >= 4 is 5.91 Å². The molecule has 3 heteroatoms. The first-order chi connectivity index (χ1) is 5.61. The minimum absolute atomic E-state index is 0.0263. The summed E-state index contributed by atoms with van der Waals surface area (Å²) >= 11 is 0. The Morgan fingerprint density at radius 1 is 1.58 bits per heavy atom. The first kappa shape index (κ1) is 11.0. The zero-order chi connectivity index (χ0) is 9.56. The molecule has 0 heterocycles. The van der Waals surface area contributed by atoms with Crippen LogP contribution in [0.5, 0.6) is 0 Å². The number of hydrogen-bond donors (Lipinski definition) is 1. The van der Waals surface area contributed by atoms with Crippen molar-refractivity contribution in [2.45, 2.75) is 33.1 Å². The van der Waals surface area contributed by atoms with Crippen LogP contribution in [-0.4, -0.2) is 5.91 Å². The van der Waals surface area contributed by atoms with E-state index in [2.05, 4.69) is 6.07 Å². The maximum Gasteiger partial charge on any atom is 0.220 e. The van der Waals surface area contributed by atoms with E-state index in [1.807, 2.05) is 13.8 Å². The van der Waals surface area contributed by atoms with E-state index in [-0.39, 0.29) is 17.7 Å². The summed E-state index contributed by atoms with van der Waals surface area (Å²) in [7, 11) is 0. The van der Waals surface area contributed by atoms with E-state index in [1.165, 1.54) is 0 Å². The average molecular weight is 168 g/mol. The first-order valence-electron chi connectivity index (χ1n) is 4.30. The van der Waals surface area contributed by atoms with Crippen LogP contribution in [0.2, 0.25) is 0 Å². The van der Waals surface area contributed by atoms with Crippen LogP contribution >= 0.6 is 0 Å². The largest absolute Gasteiger partial charge is 0.369 e. The van der Waals surface area contributed by atoms with Crippen molar-refractivity contribution in [3.8, 4) is 6.07 Å². The summed E-state index contributed by atoms with van der Waals surface area (Å²) in [6.07, 6.45) is 2.27. The molecule has 2 N–H and O–H groups in total. The lowest BCUT2D eigenvalue weighted by atomic mass is 9.95. The van der Waals surface area contributed by atoms with E-state index in [9.17, 15) is 4.79 Å². The maximum absolute atomic E-state index is 10.8. The highest BCUT2D eigenvalue weighted by Gasteiger charge is 2.13. The quantitative estimate of drug-likeness (QED) is 0.674. The summed E-state index contributed by atoms with van der Waals surface area (Å²) in [5.74, 6) is -0.276. The zero-order valence-corrected chi connectivity index (χ0v) is 7.71. The number of carbonyl (C=O) groups is 1. The van der Waals surface area contributed by atoms with Gasteiger partial charge in [-0.15, -0.1) is 0 Å². The number of nitriles is 1. The van der Waals surface area contributed by atoms with E-state index >= 15 is 0 Å². The van der Waals surface area contributed by atoms with E-state index in [4.69, 9.17) is 11.0 Å². The van der Waals surface area contributed by atoms with Gasteiger partial charge in [0, 0.05) is 11.8 Å². The minimum Gasteiger partial charge on any atom is -0.369 e. The predicted octanol–water partition coefficient (Wildman–Crippen LogP) is 1.44. The van der Waals surface area contributed by atoms with E-state index < -0.39 is 0 Å². The van der Waals surface area contributed by atoms with Crippen LogP contribution in [0.25, 0.3) is 0 Å². The highest BCUT2D eigenvalue weighted by molar-refractivity contribution is 5.76. The lowest BCUT2D eigenvalue weighted by Crippen LogP contribution is -2.22. The van der Waals surface area contributed by atoms with Crippen molar-refractivity contribution in [3.05, 3.63) is 0 Å². The molecule has 0 aromatic heterocycles. The Kier molecular flexibility index (Phi) is 5.11. The summed E-state index contributed by atoms with van der Waals surface area (Å²) in [5.41, 5.74) is 5.15. The molecule has 0 saturated carbocycles. The standard InChI is InChI=1S/C9H16N2O/c1-3-8(9(11)12)5-4-7(2)6-10/h7-8H,3-5H2,1-2H3,(H2,11,12). The average Bonchev–Trinajstić information content (AvgIpc) is 2.04. The van der Waals surface area contributed by atoms with Gasteiger partial charge in [-0.1, -0.05) is 6.92 Å². The molecular weight excluding hydrogens is 152 g/mol. The number of carbonyl (C=O) groups excluding carboxylic acids is 1. The van der Waals surface area contributed by atoms with Crippen molar-refractivity contribution in [2.24, 2.45) is 17.6 Å². The molecule has 0 saturated heterocycles.